The SMILES string of the molecule is COc1ccccc1C(=O)Oc1c2c(c(OC(=O)c3ccccc3OC)c3ccc(SC)cc13)OOC(C)C2. The first-order chi connectivity index (χ1) is 18.9. The minimum Gasteiger partial charge on any atom is -0.496 e. The number of hydrogen-bond donors (Lipinski definition) is 0. The highest BCUT2D eigenvalue weighted by Crippen LogP contribution is 2.49. The van der Waals surface area contributed by atoms with Crippen LogP contribution in [0.1, 0.15) is 33.2 Å². The molecule has 0 aliphatic carbocycles. The summed E-state index contributed by atoms with van der Waals surface area (Å²) in [6.07, 6.45) is 1.95. The van der Waals surface area contributed by atoms with Gasteiger partial charge in [-0.3, -0.25) is 0 Å². The molecule has 0 bridgehead atoms. The van der Waals surface area contributed by atoms with Crippen molar-refractivity contribution < 1.29 is 38.3 Å². The Hall–Kier alpha value is -4.21. The molecule has 0 saturated heterocycles. The molecule has 1 unspecified atom stereocenters. The van der Waals surface area contributed by atoms with E-state index in [9.17, 15) is 9.59 Å². The monoisotopic (exact) mass is 546 g/mol. The summed E-state index contributed by atoms with van der Waals surface area (Å²) in [5, 5.41) is 1.10. The molecule has 200 valence electrons. The first kappa shape index (κ1) is 26.4. The molecule has 0 spiro atoms. The molecule has 1 atom stereocenters. The molecule has 0 amide bonds. The van der Waals surface area contributed by atoms with Crippen molar-refractivity contribution in [2.75, 3.05) is 20.5 Å². The van der Waals surface area contributed by atoms with Crippen molar-refractivity contribution in [2.45, 2.75) is 24.3 Å². The van der Waals surface area contributed by atoms with Crippen molar-refractivity contribution >= 4 is 34.5 Å². The van der Waals surface area contributed by atoms with Crippen LogP contribution in [0.5, 0.6) is 28.7 Å². The van der Waals surface area contributed by atoms with Crippen LogP contribution in [0.3, 0.4) is 0 Å². The second kappa shape index (κ2) is 11.3. The zero-order chi connectivity index (χ0) is 27.5. The van der Waals surface area contributed by atoms with Gasteiger partial charge in [-0.05, 0) is 55.6 Å². The lowest BCUT2D eigenvalue weighted by atomic mass is 9.98. The number of rotatable bonds is 7. The van der Waals surface area contributed by atoms with Gasteiger partial charge in [0.05, 0.1) is 14.2 Å². The van der Waals surface area contributed by atoms with E-state index in [0.29, 0.717) is 40.0 Å². The fraction of sp³-hybridized carbons (Fsp3) is 0.200. The van der Waals surface area contributed by atoms with Crippen molar-refractivity contribution in [3.8, 4) is 28.7 Å². The van der Waals surface area contributed by atoms with E-state index in [4.69, 9.17) is 28.7 Å². The Kier molecular flexibility index (Phi) is 7.63. The summed E-state index contributed by atoms with van der Waals surface area (Å²) in [6.45, 7) is 1.83. The van der Waals surface area contributed by atoms with Crippen molar-refractivity contribution in [3.63, 3.8) is 0 Å². The van der Waals surface area contributed by atoms with Crippen molar-refractivity contribution in [2.24, 2.45) is 0 Å². The zero-order valence-corrected chi connectivity index (χ0v) is 22.6. The lowest BCUT2D eigenvalue weighted by molar-refractivity contribution is -0.249. The normalized spacial score (nSPS) is 14.2. The van der Waals surface area contributed by atoms with E-state index >= 15 is 0 Å². The van der Waals surface area contributed by atoms with Crippen LogP contribution in [0.4, 0.5) is 0 Å². The van der Waals surface area contributed by atoms with Crippen LogP contribution >= 0.6 is 11.8 Å². The van der Waals surface area contributed by atoms with Crippen LogP contribution < -0.4 is 23.8 Å². The van der Waals surface area contributed by atoms with Crippen LogP contribution in [-0.4, -0.2) is 38.5 Å². The number of ether oxygens (including phenoxy) is 4. The van der Waals surface area contributed by atoms with Gasteiger partial charge in [0.2, 0.25) is 5.75 Å². The Morgan fingerprint density at radius 2 is 1.41 bits per heavy atom. The van der Waals surface area contributed by atoms with Crippen LogP contribution in [-0.2, 0) is 11.3 Å². The number of thioether (sulfide) groups is 1. The molecule has 0 N–H and O–H groups in total. The minimum atomic E-state index is -0.633. The van der Waals surface area contributed by atoms with E-state index < -0.39 is 11.9 Å². The van der Waals surface area contributed by atoms with Crippen LogP contribution in [0, 0.1) is 0 Å². The number of carbonyl (C=O) groups is 2. The van der Waals surface area contributed by atoms with Gasteiger partial charge < -0.3 is 23.8 Å². The maximum Gasteiger partial charge on any atom is 0.347 e. The topological polar surface area (TPSA) is 89.5 Å². The smallest absolute Gasteiger partial charge is 0.347 e. The molecule has 0 aromatic heterocycles. The second-order valence-corrected chi connectivity index (χ2v) is 9.63. The van der Waals surface area contributed by atoms with Crippen LogP contribution in [0.2, 0.25) is 0 Å². The first-order valence-electron chi connectivity index (χ1n) is 12.2. The molecule has 4 aromatic rings. The third-order valence-corrected chi connectivity index (χ3v) is 7.03. The predicted molar refractivity (Wildman–Crippen MR) is 147 cm³/mol. The van der Waals surface area contributed by atoms with Crippen LogP contribution in [0.15, 0.2) is 71.6 Å². The Morgan fingerprint density at radius 3 is 2.00 bits per heavy atom. The van der Waals surface area contributed by atoms with Gasteiger partial charge >= 0.3 is 11.9 Å². The predicted octanol–water partition coefficient (Wildman–Crippen LogP) is 6.27. The standard InChI is InChI=1S/C30H26O8S/c1-17-15-23-26(35-29(31)20-9-5-7-11-24(20)33-2)22-16-18(39-4)13-14-19(22)27(28(23)38-37-17)36-30(32)21-10-6-8-12-25(21)34-3/h5-14,16-17H,15H2,1-4H3. The maximum atomic E-state index is 13.4. The molecule has 0 saturated carbocycles. The van der Waals surface area contributed by atoms with E-state index in [-0.39, 0.29) is 28.7 Å². The number of carbonyl (C=O) groups excluding carboxylic acids is 2. The number of hydrogen-bond acceptors (Lipinski definition) is 9. The van der Waals surface area contributed by atoms with Crippen molar-refractivity contribution in [3.05, 3.63) is 83.4 Å². The number of fused-ring (bicyclic) bond motifs is 2. The largest absolute Gasteiger partial charge is 0.496 e. The molecular formula is C30H26O8S. The molecule has 4 aromatic carbocycles. The summed E-state index contributed by atoms with van der Waals surface area (Å²) in [6, 6.07) is 19.2. The summed E-state index contributed by atoms with van der Waals surface area (Å²) in [4.78, 5) is 38.8. The molecule has 5 rings (SSSR count). The van der Waals surface area contributed by atoms with E-state index in [0.717, 1.165) is 4.90 Å². The first-order valence-corrected chi connectivity index (χ1v) is 13.4. The lowest BCUT2D eigenvalue weighted by Gasteiger charge is -2.26. The number of para-hydroxylation sites is 2. The highest BCUT2D eigenvalue weighted by Gasteiger charge is 2.32. The molecule has 39 heavy (non-hydrogen) atoms. The molecule has 8 nitrogen and oxygen atoms in total. The quantitative estimate of drug-likeness (QED) is 0.115. The van der Waals surface area contributed by atoms with Gasteiger partial charge in [0.1, 0.15) is 34.5 Å². The Morgan fingerprint density at radius 1 is 0.821 bits per heavy atom. The van der Waals surface area contributed by atoms with Crippen molar-refractivity contribution in [1.29, 1.82) is 0 Å². The molecule has 0 fully saturated rings. The molecule has 1 heterocycles. The Labute approximate surface area is 229 Å². The summed E-state index contributed by atoms with van der Waals surface area (Å²) in [5.41, 5.74) is 1.07. The molecule has 0 radical (unpaired) electrons. The average molecular weight is 547 g/mol. The zero-order valence-electron chi connectivity index (χ0n) is 21.8. The summed E-state index contributed by atoms with van der Waals surface area (Å²) in [7, 11) is 2.97. The van der Waals surface area contributed by atoms with Crippen LogP contribution in [0.25, 0.3) is 10.8 Å². The van der Waals surface area contributed by atoms with Gasteiger partial charge in [-0.1, -0.05) is 24.3 Å². The number of benzene rings is 4. The second-order valence-electron chi connectivity index (χ2n) is 8.75. The number of esters is 2. The summed E-state index contributed by atoms with van der Waals surface area (Å²) in [5.74, 6) is 0.170. The molecule has 9 heteroatoms. The van der Waals surface area contributed by atoms with E-state index in [1.54, 1.807) is 54.6 Å². The molecule has 1 aliphatic heterocycles. The third-order valence-electron chi connectivity index (χ3n) is 6.30. The highest BCUT2D eigenvalue weighted by molar-refractivity contribution is 7.98. The van der Waals surface area contributed by atoms with Crippen molar-refractivity contribution in [1.82, 2.24) is 0 Å². The van der Waals surface area contributed by atoms with Gasteiger partial charge in [0, 0.05) is 27.7 Å². The lowest BCUT2D eigenvalue weighted by Crippen LogP contribution is -2.23. The van der Waals surface area contributed by atoms with E-state index in [1.165, 1.54) is 26.0 Å². The van der Waals surface area contributed by atoms with E-state index in [2.05, 4.69) is 0 Å². The highest BCUT2D eigenvalue weighted by atomic mass is 32.2. The fourth-order valence-corrected chi connectivity index (χ4v) is 4.87. The molecule has 1 aliphatic rings. The molecular weight excluding hydrogens is 520 g/mol. The Bertz CT molecular complexity index is 1560. The van der Waals surface area contributed by atoms with Gasteiger partial charge in [0.15, 0.2) is 5.75 Å². The van der Waals surface area contributed by atoms with Gasteiger partial charge in [0.25, 0.3) is 0 Å². The third kappa shape index (κ3) is 5.10. The Balaban J connectivity index is 1.69. The van der Waals surface area contributed by atoms with Gasteiger partial charge in [-0.15, -0.1) is 11.8 Å². The fourth-order valence-electron chi connectivity index (χ4n) is 4.43. The maximum absolute atomic E-state index is 13.4. The van der Waals surface area contributed by atoms with E-state index in [1.807, 2.05) is 25.3 Å². The average Bonchev–Trinajstić information content (AvgIpc) is 2.98. The summed E-state index contributed by atoms with van der Waals surface area (Å²) < 4.78 is 22.7. The van der Waals surface area contributed by atoms with Gasteiger partial charge in [-0.2, -0.15) is 4.89 Å². The number of methoxy groups -OCH3 is 2. The van der Waals surface area contributed by atoms with Gasteiger partial charge in [-0.25, -0.2) is 9.59 Å². The summed E-state index contributed by atoms with van der Waals surface area (Å²) >= 11 is 1.53. The minimum absolute atomic E-state index is 0.160.